The quantitative estimate of drug-likeness (QED) is 0.111. The number of carboxylic acid groups (broad SMARTS) is 2. The van der Waals surface area contributed by atoms with Crippen molar-refractivity contribution in [3.05, 3.63) is 165 Å². The topological polar surface area (TPSA) is 100.0 Å². The molecule has 0 saturated carbocycles. The monoisotopic (exact) mass is 722 g/mol. The predicted octanol–water partition coefficient (Wildman–Crippen LogP) is 9.03. The number of nitrogens with zero attached hydrogens (tertiary/aromatic N) is 2. The maximum Gasteiger partial charge on any atom is 0.416 e. The van der Waals surface area contributed by atoms with E-state index in [-0.39, 0.29) is 17.3 Å². The van der Waals surface area contributed by atoms with E-state index in [9.17, 15) is 33.0 Å². The number of ether oxygens (including phenoxy) is 1. The predicted molar refractivity (Wildman–Crippen MR) is 195 cm³/mol. The van der Waals surface area contributed by atoms with E-state index in [1.165, 1.54) is 12.1 Å². The molecule has 274 valence electrons. The van der Waals surface area contributed by atoms with E-state index < -0.39 is 23.7 Å². The van der Waals surface area contributed by atoms with Crippen LogP contribution in [-0.2, 0) is 44.9 Å². The Morgan fingerprint density at radius 1 is 0.717 bits per heavy atom. The van der Waals surface area contributed by atoms with Gasteiger partial charge in [0.2, 0.25) is 0 Å². The molecule has 7 nitrogen and oxygen atoms in total. The van der Waals surface area contributed by atoms with E-state index in [1.54, 1.807) is 18.2 Å². The first-order valence-corrected chi connectivity index (χ1v) is 17.8. The van der Waals surface area contributed by atoms with Gasteiger partial charge in [-0.05, 0) is 115 Å². The van der Waals surface area contributed by atoms with Gasteiger partial charge in [0.1, 0.15) is 18.1 Å². The Hall–Kier alpha value is -5.48. The summed E-state index contributed by atoms with van der Waals surface area (Å²) in [4.78, 5) is 29.9. The number of benzene rings is 4. The van der Waals surface area contributed by atoms with Crippen LogP contribution in [0.4, 0.5) is 13.2 Å². The number of para-hydroxylation sites is 1. The third kappa shape index (κ3) is 9.90. The minimum atomic E-state index is -4.34. The van der Waals surface area contributed by atoms with Crippen LogP contribution in [0.1, 0.15) is 84.4 Å². The third-order valence-corrected chi connectivity index (χ3v) is 9.85. The minimum Gasteiger partial charge on any atom is -0.489 e. The van der Waals surface area contributed by atoms with E-state index in [0.29, 0.717) is 45.4 Å². The van der Waals surface area contributed by atoms with Crippen LogP contribution in [0.2, 0.25) is 0 Å². The van der Waals surface area contributed by atoms with Gasteiger partial charge in [-0.15, -0.1) is 0 Å². The number of rotatable bonds is 15. The van der Waals surface area contributed by atoms with Crippen LogP contribution in [0, 0.1) is 0 Å². The third-order valence-electron chi connectivity index (χ3n) is 9.85. The summed E-state index contributed by atoms with van der Waals surface area (Å²) in [6.07, 6.45) is 0.976. The van der Waals surface area contributed by atoms with Crippen LogP contribution in [0.3, 0.4) is 0 Å². The number of aromatic carboxylic acids is 2. The van der Waals surface area contributed by atoms with Gasteiger partial charge in [0.15, 0.2) is 0 Å². The van der Waals surface area contributed by atoms with Crippen molar-refractivity contribution in [2.45, 2.75) is 63.8 Å². The molecule has 53 heavy (non-hydrogen) atoms. The highest BCUT2D eigenvalue weighted by Crippen LogP contribution is 2.35. The van der Waals surface area contributed by atoms with Gasteiger partial charge in [-0.25, -0.2) is 14.6 Å². The first-order chi connectivity index (χ1) is 25.5. The van der Waals surface area contributed by atoms with Crippen LogP contribution in [0.5, 0.6) is 5.75 Å². The first-order valence-electron chi connectivity index (χ1n) is 17.8. The molecule has 0 radical (unpaired) electrons. The smallest absolute Gasteiger partial charge is 0.416 e. The number of fused-ring (bicyclic) bond motifs is 1. The largest absolute Gasteiger partial charge is 0.489 e. The van der Waals surface area contributed by atoms with Crippen molar-refractivity contribution in [3.63, 3.8) is 0 Å². The molecule has 0 amide bonds. The fourth-order valence-electron chi connectivity index (χ4n) is 6.87. The average molecular weight is 723 g/mol. The molecule has 1 heterocycles. The SMILES string of the molecule is O=C(O)c1ccc(CCN(CCc2ccccc2OCc2ccc(CCc3ccc(C(F)(F)F)cc3)cc2)C2CCCc3nc(C(=O)O)ccc32)cc1. The molecule has 4 aromatic carbocycles. The molecule has 1 aliphatic rings. The van der Waals surface area contributed by atoms with Gasteiger partial charge in [0.25, 0.3) is 0 Å². The lowest BCUT2D eigenvalue weighted by Crippen LogP contribution is -2.35. The Kier molecular flexibility index (Phi) is 11.9. The number of carboxylic acids is 2. The van der Waals surface area contributed by atoms with Gasteiger partial charge in [0, 0.05) is 24.8 Å². The van der Waals surface area contributed by atoms with Gasteiger partial charge < -0.3 is 14.9 Å². The number of hydrogen-bond donors (Lipinski definition) is 2. The number of halogens is 3. The van der Waals surface area contributed by atoms with Crippen LogP contribution >= 0.6 is 0 Å². The molecule has 0 aliphatic heterocycles. The van der Waals surface area contributed by atoms with Crippen LogP contribution in [-0.4, -0.2) is 45.1 Å². The lowest BCUT2D eigenvalue weighted by molar-refractivity contribution is -0.137. The number of carbonyl (C=O) groups is 2. The highest BCUT2D eigenvalue weighted by Gasteiger charge is 2.30. The van der Waals surface area contributed by atoms with Crippen molar-refractivity contribution in [1.82, 2.24) is 9.88 Å². The van der Waals surface area contributed by atoms with Crippen molar-refractivity contribution in [3.8, 4) is 5.75 Å². The van der Waals surface area contributed by atoms with E-state index in [2.05, 4.69) is 16.0 Å². The molecule has 2 N–H and O–H groups in total. The maximum atomic E-state index is 12.9. The zero-order valence-corrected chi connectivity index (χ0v) is 29.2. The Morgan fingerprint density at radius 3 is 1.98 bits per heavy atom. The summed E-state index contributed by atoms with van der Waals surface area (Å²) in [5.74, 6) is -1.21. The second kappa shape index (κ2) is 16.9. The van der Waals surface area contributed by atoms with E-state index in [0.717, 1.165) is 76.2 Å². The summed E-state index contributed by atoms with van der Waals surface area (Å²) in [7, 11) is 0. The van der Waals surface area contributed by atoms with Crippen molar-refractivity contribution in [1.29, 1.82) is 0 Å². The van der Waals surface area contributed by atoms with Crippen LogP contribution < -0.4 is 4.74 Å². The molecule has 1 aromatic heterocycles. The second-order valence-corrected chi connectivity index (χ2v) is 13.4. The van der Waals surface area contributed by atoms with Crippen molar-refractivity contribution >= 4 is 11.9 Å². The van der Waals surface area contributed by atoms with Gasteiger partial charge in [-0.3, -0.25) is 4.90 Å². The van der Waals surface area contributed by atoms with Crippen molar-refractivity contribution in [2.75, 3.05) is 13.1 Å². The van der Waals surface area contributed by atoms with Gasteiger partial charge in [-0.2, -0.15) is 13.2 Å². The van der Waals surface area contributed by atoms with E-state index in [1.807, 2.05) is 60.7 Å². The highest BCUT2D eigenvalue weighted by atomic mass is 19.4. The summed E-state index contributed by atoms with van der Waals surface area (Å²) < 4.78 is 45.0. The Labute approximate surface area is 306 Å². The summed E-state index contributed by atoms with van der Waals surface area (Å²) in [6, 6.07) is 31.9. The first kappa shape index (κ1) is 37.3. The van der Waals surface area contributed by atoms with Crippen LogP contribution in [0.25, 0.3) is 0 Å². The van der Waals surface area contributed by atoms with E-state index >= 15 is 0 Å². The summed E-state index contributed by atoms with van der Waals surface area (Å²) in [5.41, 5.74) is 6.57. The normalized spacial score (nSPS) is 14.2. The maximum absolute atomic E-state index is 12.9. The molecule has 0 saturated heterocycles. The summed E-state index contributed by atoms with van der Waals surface area (Å²) in [5, 5.41) is 18.8. The molecular formula is C43H41F3N2O5. The molecule has 0 bridgehead atoms. The zero-order chi connectivity index (χ0) is 37.4. The molecule has 1 unspecified atom stereocenters. The number of hydrogen-bond acceptors (Lipinski definition) is 5. The minimum absolute atomic E-state index is 0.0494. The van der Waals surface area contributed by atoms with Crippen LogP contribution in [0.15, 0.2) is 109 Å². The van der Waals surface area contributed by atoms with Crippen molar-refractivity contribution < 1.29 is 37.7 Å². The number of alkyl halides is 3. The molecule has 0 fully saturated rings. The fraction of sp³-hybridized carbons (Fsp3) is 0.279. The molecule has 6 rings (SSSR count). The summed E-state index contributed by atoms with van der Waals surface area (Å²) >= 11 is 0. The summed E-state index contributed by atoms with van der Waals surface area (Å²) in [6.45, 7) is 1.80. The highest BCUT2D eigenvalue weighted by molar-refractivity contribution is 5.87. The number of pyridine rings is 1. The average Bonchev–Trinajstić information content (AvgIpc) is 3.16. The Morgan fingerprint density at radius 2 is 1.32 bits per heavy atom. The van der Waals surface area contributed by atoms with Gasteiger partial charge in [0.05, 0.1) is 11.1 Å². The fourth-order valence-corrected chi connectivity index (χ4v) is 6.87. The lowest BCUT2D eigenvalue weighted by atomic mass is 9.89. The number of aryl methyl sites for hydroxylation is 3. The molecular weight excluding hydrogens is 681 g/mol. The zero-order valence-electron chi connectivity index (χ0n) is 29.2. The van der Waals surface area contributed by atoms with Crippen molar-refractivity contribution in [2.24, 2.45) is 0 Å². The van der Waals surface area contributed by atoms with Gasteiger partial charge in [-0.1, -0.05) is 72.8 Å². The molecule has 1 aliphatic carbocycles. The molecule has 0 spiro atoms. The molecule has 10 heteroatoms. The lowest BCUT2D eigenvalue weighted by Gasteiger charge is -2.36. The molecule has 1 atom stereocenters. The number of aromatic nitrogens is 1. The molecule has 5 aromatic rings. The van der Waals surface area contributed by atoms with E-state index in [4.69, 9.17) is 4.74 Å². The second-order valence-electron chi connectivity index (χ2n) is 13.4. The standard InChI is InChI=1S/C43H41F3N2O5/c44-43(45,46)35-20-16-30(17-21-35)9-8-29-10-12-32(13-11-29)28-53-40-7-2-1-4-33(40)25-27-48(26-24-31-14-18-34(19-15-31)41(49)50)39-6-3-5-37-36(39)22-23-38(47-37)42(51)52/h1-2,4,7,10-23,39H,3,5-6,8-9,24-28H2,(H,49,50)(H,51,52). The Balaban J connectivity index is 1.10. The Bertz CT molecular complexity index is 2010. The van der Waals surface area contributed by atoms with Gasteiger partial charge >= 0.3 is 18.1 Å².